The van der Waals surface area contributed by atoms with Crippen LogP contribution in [0.4, 0.5) is 0 Å². The molecule has 1 aromatic heterocycles. The van der Waals surface area contributed by atoms with Gasteiger partial charge in [0.1, 0.15) is 5.69 Å². The fourth-order valence-corrected chi connectivity index (χ4v) is 1.89. The molecule has 1 aromatic carbocycles. The van der Waals surface area contributed by atoms with E-state index < -0.39 is 0 Å². The Morgan fingerprint density at radius 2 is 1.94 bits per heavy atom. The molecule has 0 unspecified atom stereocenters. The molecule has 1 saturated carbocycles. The first kappa shape index (κ1) is 9.33. The van der Waals surface area contributed by atoms with E-state index in [1.807, 2.05) is 12.1 Å². The molecule has 1 fully saturated rings. The lowest BCUT2D eigenvalue weighted by Crippen LogP contribution is -2.09. The minimum atomic E-state index is -0.137. The maximum absolute atomic E-state index is 11.5. The number of rotatable bonds is 2. The predicted molar refractivity (Wildman–Crippen MR) is 62.3 cm³/mol. The molecule has 3 nitrogen and oxygen atoms in total. The molecule has 0 radical (unpaired) electrons. The fraction of sp³-hybridized carbons (Fsp3) is 0.231. The average Bonchev–Trinajstić information content (AvgIpc) is 3.14. The highest BCUT2D eigenvalue weighted by atomic mass is 16.1. The quantitative estimate of drug-likeness (QED) is 0.830. The number of nitrogens with zero attached hydrogens (tertiary/aromatic N) is 1. The number of benzene rings is 1. The van der Waals surface area contributed by atoms with Gasteiger partial charge in [-0.05, 0) is 24.3 Å². The van der Waals surface area contributed by atoms with E-state index >= 15 is 0 Å². The molecular weight excluding hydrogens is 200 g/mol. The van der Waals surface area contributed by atoms with Crippen LogP contribution >= 0.6 is 0 Å². The summed E-state index contributed by atoms with van der Waals surface area (Å²) in [6.07, 6.45) is 5.74. The first-order chi connectivity index (χ1) is 7.84. The van der Waals surface area contributed by atoms with Crippen molar-refractivity contribution in [3.05, 3.63) is 52.6 Å². The second kappa shape index (κ2) is 3.59. The van der Waals surface area contributed by atoms with E-state index in [9.17, 15) is 4.79 Å². The van der Waals surface area contributed by atoms with Crippen LogP contribution in [0.1, 0.15) is 24.3 Å². The van der Waals surface area contributed by atoms with E-state index in [4.69, 9.17) is 0 Å². The van der Waals surface area contributed by atoms with Crippen LogP contribution in [0.2, 0.25) is 0 Å². The molecule has 0 saturated heterocycles. The van der Waals surface area contributed by atoms with Crippen LogP contribution in [-0.2, 0) is 0 Å². The molecule has 1 aliphatic carbocycles. The van der Waals surface area contributed by atoms with Crippen molar-refractivity contribution in [2.24, 2.45) is 0 Å². The summed E-state index contributed by atoms with van der Waals surface area (Å²) in [6.45, 7) is 0. The summed E-state index contributed by atoms with van der Waals surface area (Å²) in [6, 6.07) is 8.15. The Morgan fingerprint density at radius 3 is 2.56 bits per heavy atom. The van der Waals surface area contributed by atoms with Crippen LogP contribution in [0.3, 0.4) is 0 Å². The van der Waals surface area contributed by atoms with Crippen molar-refractivity contribution in [3.63, 3.8) is 0 Å². The van der Waals surface area contributed by atoms with Gasteiger partial charge in [0.05, 0.1) is 0 Å². The van der Waals surface area contributed by atoms with Gasteiger partial charge in [-0.2, -0.15) is 0 Å². The highest BCUT2D eigenvalue weighted by Gasteiger charge is 2.23. The molecular formula is C13H12N2O. The summed E-state index contributed by atoms with van der Waals surface area (Å²) >= 11 is 0. The third-order valence-electron chi connectivity index (χ3n) is 2.94. The van der Waals surface area contributed by atoms with Crippen LogP contribution in [-0.4, -0.2) is 9.97 Å². The Labute approximate surface area is 93.2 Å². The molecule has 0 spiro atoms. The Kier molecular flexibility index (Phi) is 2.10. The third-order valence-corrected chi connectivity index (χ3v) is 2.94. The smallest absolute Gasteiger partial charge is 0.274 e. The molecule has 3 rings (SSSR count). The Morgan fingerprint density at radius 1 is 1.19 bits per heavy atom. The highest BCUT2D eigenvalue weighted by molar-refractivity contribution is 5.58. The lowest BCUT2D eigenvalue weighted by molar-refractivity contribution is 1.12. The molecule has 1 N–H and O–H groups in total. The average molecular weight is 212 g/mol. The van der Waals surface area contributed by atoms with Crippen molar-refractivity contribution in [2.45, 2.75) is 18.8 Å². The number of nitrogens with one attached hydrogen (secondary N) is 1. The first-order valence-corrected chi connectivity index (χ1v) is 5.48. The van der Waals surface area contributed by atoms with E-state index in [0.29, 0.717) is 5.69 Å². The van der Waals surface area contributed by atoms with Gasteiger partial charge in [-0.15, -0.1) is 0 Å². The van der Waals surface area contributed by atoms with Gasteiger partial charge in [0.15, 0.2) is 0 Å². The maximum atomic E-state index is 11.5. The molecule has 0 aliphatic heterocycles. The molecule has 0 atom stereocenters. The number of aromatic amines is 1. The number of hydrogen-bond acceptors (Lipinski definition) is 2. The highest BCUT2D eigenvalue weighted by Crippen LogP contribution is 2.40. The summed E-state index contributed by atoms with van der Waals surface area (Å²) in [5.74, 6) is 0.746. The standard InChI is InChI=1S/C13H12N2O/c16-13-12(14-7-8-15-13)11-5-3-10(4-6-11)9-1-2-9/h3-9H,1-2H2,(H,15,16). The predicted octanol–water partition coefficient (Wildman–Crippen LogP) is 2.31. The molecule has 0 bridgehead atoms. The molecule has 3 heteroatoms. The monoisotopic (exact) mass is 212 g/mol. The van der Waals surface area contributed by atoms with Crippen molar-refractivity contribution >= 4 is 0 Å². The SMILES string of the molecule is O=c1[nH]ccnc1-c1ccc(C2CC2)cc1. The Bertz CT molecular complexity index is 553. The minimum absolute atomic E-state index is 0.137. The van der Waals surface area contributed by atoms with E-state index in [2.05, 4.69) is 22.1 Å². The van der Waals surface area contributed by atoms with Gasteiger partial charge < -0.3 is 4.98 Å². The van der Waals surface area contributed by atoms with Crippen LogP contribution in [0.15, 0.2) is 41.5 Å². The molecule has 1 heterocycles. The summed E-state index contributed by atoms with van der Waals surface area (Å²) in [5, 5.41) is 0. The van der Waals surface area contributed by atoms with Crippen molar-refractivity contribution in [1.29, 1.82) is 0 Å². The van der Waals surface area contributed by atoms with Gasteiger partial charge in [-0.1, -0.05) is 24.3 Å². The number of aromatic nitrogens is 2. The van der Waals surface area contributed by atoms with Gasteiger partial charge in [-0.25, -0.2) is 4.98 Å². The summed E-state index contributed by atoms with van der Waals surface area (Å²) < 4.78 is 0. The Hall–Kier alpha value is -1.90. The van der Waals surface area contributed by atoms with Crippen molar-refractivity contribution in [1.82, 2.24) is 9.97 Å². The summed E-state index contributed by atoms with van der Waals surface area (Å²) in [4.78, 5) is 18.3. The van der Waals surface area contributed by atoms with Crippen molar-refractivity contribution < 1.29 is 0 Å². The van der Waals surface area contributed by atoms with Gasteiger partial charge >= 0.3 is 0 Å². The normalized spacial score (nSPS) is 15.0. The minimum Gasteiger partial charge on any atom is -0.326 e. The second-order valence-corrected chi connectivity index (χ2v) is 4.16. The largest absolute Gasteiger partial charge is 0.326 e. The number of H-pyrrole nitrogens is 1. The topological polar surface area (TPSA) is 45.8 Å². The second-order valence-electron chi connectivity index (χ2n) is 4.16. The van der Waals surface area contributed by atoms with Crippen molar-refractivity contribution in [3.8, 4) is 11.3 Å². The first-order valence-electron chi connectivity index (χ1n) is 5.48. The lowest BCUT2D eigenvalue weighted by Gasteiger charge is -2.01. The van der Waals surface area contributed by atoms with E-state index in [0.717, 1.165) is 11.5 Å². The van der Waals surface area contributed by atoms with Gasteiger partial charge in [-0.3, -0.25) is 4.79 Å². The van der Waals surface area contributed by atoms with E-state index in [1.165, 1.54) is 18.4 Å². The fourth-order valence-electron chi connectivity index (χ4n) is 1.89. The van der Waals surface area contributed by atoms with Crippen LogP contribution in [0.5, 0.6) is 0 Å². The molecule has 1 aliphatic rings. The molecule has 16 heavy (non-hydrogen) atoms. The lowest BCUT2D eigenvalue weighted by atomic mass is 10.1. The van der Waals surface area contributed by atoms with Crippen LogP contribution in [0, 0.1) is 0 Å². The molecule has 0 amide bonds. The van der Waals surface area contributed by atoms with Crippen LogP contribution < -0.4 is 5.56 Å². The zero-order valence-corrected chi connectivity index (χ0v) is 8.81. The third kappa shape index (κ3) is 1.65. The molecule has 80 valence electrons. The zero-order valence-electron chi connectivity index (χ0n) is 8.81. The van der Waals surface area contributed by atoms with Crippen molar-refractivity contribution in [2.75, 3.05) is 0 Å². The van der Waals surface area contributed by atoms with Crippen LogP contribution in [0.25, 0.3) is 11.3 Å². The van der Waals surface area contributed by atoms with Gasteiger partial charge in [0.2, 0.25) is 0 Å². The van der Waals surface area contributed by atoms with E-state index in [-0.39, 0.29) is 5.56 Å². The summed E-state index contributed by atoms with van der Waals surface area (Å²) in [5.41, 5.74) is 2.61. The molecule has 2 aromatic rings. The number of hydrogen-bond donors (Lipinski definition) is 1. The van der Waals surface area contributed by atoms with Gasteiger partial charge in [0, 0.05) is 18.0 Å². The van der Waals surface area contributed by atoms with E-state index in [1.54, 1.807) is 12.4 Å². The zero-order chi connectivity index (χ0) is 11.0. The van der Waals surface area contributed by atoms with Gasteiger partial charge in [0.25, 0.3) is 5.56 Å². The Balaban J connectivity index is 2.00. The summed E-state index contributed by atoms with van der Waals surface area (Å²) in [7, 11) is 0. The maximum Gasteiger partial charge on any atom is 0.274 e.